The highest BCUT2D eigenvalue weighted by atomic mass is 16.6. The molecule has 0 radical (unpaired) electrons. The van der Waals surface area contributed by atoms with Gasteiger partial charge in [-0.3, -0.25) is 9.69 Å². The second-order valence-corrected chi connectivity index (χ2v) is 6.08. The molecule has 1 aromatic carbocycles. The molecule has 140 valence electrons. The summed E-state index contributed by atoms with van der Waals surface area (Å²) in [4.78, 5) is 28.8. The number of cyclic esters (lactones) is 1. The topological polar surface area (TPSA) is 88.8 Å². The van der Waals surface area contributed by atoms with Crippen molar-refractivity contribution in [1.82, 2.24) is 19.9 Å². The van der Waals surface area contributed by atoms with Crippen LogP contribution in [0.3, 0.4) is 0 Å². The van der Waals surface area contributed by atoms with E-state index >= 15 is 0 Å². The molecule has 0 aliphatic carbocycles. The van der Waals surface area contributed by atoms with E-state index in [2.05, 4.69) is 15.4 Å². The van der Waals surface area contributed by atoms with Crippen molar-refractivity contribution < 1.29 is 14.3 Å². The minimum atomic E-state index is -0.405. The number of hydrogen-bond donors (Lipinski definition) is 1. The Morgan fingerprint density at radius 3 is 2.70 bits per heavy atom. The number of carbonyl (C=O) groups excluding carboxylic acids is 2. The lowest BCUT2D eigenvalue weighted by molar-refractivity contribution is -0.119. The fourth-order valence-electron chi connectivity index (χ4n) is 2.92. The molecule has 2 aromatic heterocycles. The lowest BCUT2D eigenvalue weighted by Gasteiger charge is -2.13. The van der Waals surface area contributed by atoms with Gasteiger partial charge in [-0.1, -0.05) is 19.6 Å². The molecule has 0 unspecified atom stereocenters. The first-order valence-corrected chi connectivity index (χ1v) is 8.22. The number of fused-ring (bicyclic) bond motifs is 1. The minimum absolute atomic E-state index is 0. The van der Waals surface area contributed by atoms with Crippen LogP contribution in [0.5, 0.6) is 0 Å². The van der Waals surface area contributed by atoms with Crippen molar-refractivity contribution in [2.75, 3.05) is 18.0 Å². The summed E-state index contributed by atoms with van der Waals surface area (Å²) in [6.45, 7) is 2.15. The van der Waals surface area contributed by atoms with Crippen molar-refractivity contribution in [2.45, 2.75) is 20.5 Å². The van der Waals surface area contributed by atoms with Gasteiger partial charge in [0.25, 0.3) is 0 Å². The van der Waals surface area contributed by atoms with Gasteiger partial charge in [0, 0.05) is 24.4 Å². The maximum absolute atomic E-state index is 12.1. The van der Waals surface area contributed by atoms with Crippen LogP contribution in [0, 0.1) is 0 Å². The Labute approximate surface area is 156 Å². The molecule has 0 bridgehead atoms. The number of nitrogens with zero attached hydrogens (tertiary/aromatic N) is 4. The van der Waals surface area contributed by atoms with E-state index in [1.54, 1.807) is 9.42 Å². The van der Waals surface area contributed by atoms with Crippen molar-refractivity contribution in [1.29, 1.82) is 0 Å². The third kappa shape index (κ3) is 3.74. The van der Waals surface area contributed by atoms with E-state index in [0.29, 0.717) is 13.1 Å². The van der Waals surface area contributed by atoms with Gasteiger partial charge in [0.05, 0.1) is 13.1 Å². The molecule has 1 fully saturated rings. The normalized spacial score (nSPS) is 16.1. The summed E-state index contributed by atoms with van der Waals surface area (Å²) < 4.78 is 7.00. The Balaban J connectivity index is 0.00000210. The monoisotopic (exact) mass is 367 g/mol. The van der Waals surface area contributed by atoms with E-state index in [1.165, 1.54) is 13.3 Å². The summed E-state index contributed by atoms with van der Waals surface area (Å²) >= 11 is 0. The van der Waals surface area contributed by atoms with Gasteiger partial charge in [0.15, 0.2) is 5.65 Å². The van der Waals surface area contributed by atoms with Gasteiger partial charge >= 0.3 is 6.09 Å². The van der Waals surface area contributed by atoms with Crippen LogP contribution < -0.4 is 10.2 Å². The first kappa shape index (κ1) is 18.4. The van der Waals surface area contributed by atoms with E-state index < -0.39 is 6.09 Å². The molecule has 0 saturated carbocycles. The average molecular weight is 367 g/mol. The molecule has 2 amide bonds. The molecule has 1 aliphatic heterocycles. The summed E-state index contributed by atoms with van der Waals surface area (Å²) in [7, 11) is 0. The third-order valence-corrected chi connectivity index (χ3v) is 4.24. The Morgan fingerprint density at radius 2 is 1.96 bits per heavy atom. The highest BCUT2D eigenvalue weighted by Crippen LogP contribution is 2.26. The largest absolute Gasteiger partial charge is 0.442 e. The number of benzene rings is 1. The smallest absolute Gasteiger partial charge is 0.414 e. The van der Waals surface area contributed by atoms with Crippen LogP contribution in [0.4, 0.5) is 10.5 Å². The predicted molar refractivity (Wildman–Crippen MR) is 101 cm³/mol. The number of hydrogen-bond acceptors (Lipinski definition) is 5. The Morgan fingerprint density at radius 1 is 1.22 bits per heavy atom. The number of aromatic nitrogens is 3. The van der Waals surface area contributed by atoms with Gasteiger partial charge < -0.3 is 10.1 Å². The number of nitrogens with one attached hydrogen (secondary N) is 1. The van der Waals surface area contributed by atoms with Crippen molar-refractivity contribution in [3.63, 3.8) is 0 Å². The summed E-state index contributed by atoms with van der Waals surface area (Å²) in [5.41, 5.74) is 3.55. The van der Waals surface area contributed by atoms with Crippen molar-refractivity contribution >= 4 is 23.3 Å². The fourth-order valence-corrected chi connectivity index (χ4v) is 2.92. The molecule has 3 aromatic rings. The van der Waals surface area contributed by atoms with Gasteiger partial charge in [-0.05, 0) is 29.8 Å². The summed E-state index contributed by atoms with van der Waals surface area (Å²) in [6.07, 6.45) is 2.67. The molecule has 1 atom stereocenters. The molecule has 8 nitrogen and oxygen atoms in total. The van der Waals surface area contributed by atoms with E-state index in [9.17, 15) is 9.59 Å². The highest BCUT2D eigenvalue weighted by Gasteiger charge is 2.32. The molecular formula is C19H21N5O3. The lowest BCUT2D eigenvalue weighted by Crippen LogP contribution is -2.33. The van der Waals surface area contributed by atoms with Crippen LogP contribution in [0.25, 0.3) is 16.8 Å². The first-order chi connectivity index (χ1) is 12.6. The third-order valence-electron chi connectivity index (χ3n) is 4.24. The zero-order valence-electron chi connectivity index (χ0n) is 14.1. The van der Waals surface area contributed by atoms with E-state index in [1.807, 2.05) is 42.6 Å². The number of rotatable bonds is 4. The van der Waals surface area contributed by atoms with Crippen molar-refractivity contribution in [3.05, 3.63) is 48.9 Å². The van der Waals surface area contributed by atoms with Crippen LogP contribution in [0.1, 0.15) is 14.4 Å². The number of pyridine rings is 1. The fraction of sp³-hybridized carbons (Fsp3) is 0.263. The zero-order chi connectivity index (χ0) is 18.1. The number of anilines is 1. The van der Waals surface area contributed by atoms with Crippen LogP contribution >= 0.6 is 0 Å². The van der Waals surface area contributed by atoms with Gasteiger partial charge in [-0.15, -0.1) is 0 Å². The number of amides is 2. The highest BCUT2D eigenvalue weighted by molar-refractivity contribution is 5.90. The quantitative estimate of drug-likeness (QED) is 0.765. The molecule has 1 aliphatic rings. The van der Waals surface area contributed by atoms with Crippen LogP contribution in [-0.4, -0.2) is 45.8 Å². The van der Waals surface area contributed by atoms with Crippen molar-refractivity contribution in [2.24, 2.45) is 0 Å². The molecule has 1 saturated heterocycles. The van der Waals surface area contributed by atoms with E-state index in [0.717, 1.165) is 22.5 Å². The molecule has 8 heteroatoms. The molecule has 4 rings (SSSR count). The predicted octanol–water partition coefficient (Wildman–Crippen LogP) is 2.49. The van der Waals surface area contributed by atoms with Crippen LogP contribution in [0.2, 0.25) is 0 Å². The molecule has 27 heavy (non-hydrogen) atoms. The van der Waals surface area contributed by atoms with E-state index in [-0.39, 0.29) is 19.4 Å². The second-order valence-electron chi connectivity index (χ2n) is 6.08. The summed E-state index contributed by atoms with van der Waals surface area (Å²) in [6, 6.07) is 11.5. The SMILES string of the molecule is C.CC(=O)NC[C@H]1CN(c2ccc(-c3ccc4ncnn4c3)cc2)C(=O)O1. The van der Waals surface area contributed by atoms with Gasteiger partial charge in [0.1, 0.15) is 12.4 Å². The Kier molecular flexibility index (Phi) is 5.07. The lowest BCUT2D eigenvalue weighted by atomic mass is 10.1. The maximum Gasteiger partial charge on any atom is 0.414 e. The summed E-state index contributed by atoms with van der Waals surface area (Å²) in [5, 5.41) is 6.81. The summed E-state index contributed by atoms with van der Waals surface area (Å²) in [5.74, 6) is -0.145. The van der Waals surface area contributed by atoms with Crippen LogP contribution in [0.15, 0.2) is 48.9 Å². The van der Waals surface area contributed by atoms with Crippen LogP contribution in [-0.2, 0) is 9.53 Å². The first-order valence-electron chi connectivity index (χ1n) is 8.22. The maximum atomic E-state index is 12.1. The van der Waals surface area contributed by atoms with E-state index in [4.69, 9.17) is 4.74 Å². The second kappa shape index (κ2) is 7.45. The Bertz CT molecular complexity index is 967. The molecule has 3 heterocycles. The number of carbonyl (C=O) groups is 2. The zero-order valence-corrected chi connectivity index (χ0v) is 14.1. The molecular weight excluding hydrogens is 346 g/mol. The standard InChI is InChI=1S/C18H17N5O3.CH4/c1-12(24)19-8-16-10-22(18(25)26-16)15-5-2-13(3-6-15)14-4-7-17-20-11-21-23(17)9-14;/h2-7,9,11,16H,8,10H2,1H3,(H,19,24);1H4/t16-;/m0./s1. The Hall–Kier alpha value is -3.42. The number of ether oxygens (including phenoxy) is 1. The van der Waals surface area contributed by atoms with Gasteiger partial charge in [0.2, 0.25) is 5.91 Å². The van der Waals surface area contributed by atoms with Crippen molar-refractivity contribution in [3.8, 4) is 11.1 Å². The molecule has 0 spiro atoms. The van der Waals surface area contributed by atoms with Gasteiger partial charge in [-0.2, -0.15) is 5.10 Å². The minimum Gasteiger partial charge on any atom is -0.442 e. The molecule has 1 N–H and O–H groups in total. The average Bonchev–Trinajstić information content (AvgIpc) is 3.25. The van der Waals surface area contributed by atoms with Gasteiger partial charge in [-0.25, -0.2) is 14.3 Å².